The van der Waals surface area contributed by atoms with Crippen LogP contribution in [0.1, 0.15) is 41.3 Å². The van der Waals surface area contributed by atoms with Gasteiger partial charge in [0.25, 0.3) is 11.8 Å². The zero-order valence-electron chi connectivity index (χ0n) is 13.4. The molecule has 2 atom stereocenters. The molecular formula is C17H18BrN3O3. The lowest BCUT2D eigenvalue weighted by molar-refractivity contribution is -0.117. The predicted molar refractivity (Wildman–Crippen MR) is 93.0 cm³/mol. The van der Waals surface area contributed by atoms with Crippen molar-refractivity contribution in [2.45, 2.75) is 19.3 Å². The van der Waals surface area contributed by atoms with Crippen LogP contribution in [0.15, 0.2) is 39.4 Å². The summed E-state index contributed by atoms with van der Waals surface area (Å²) in [5, 5.41) is 0. The van der Waals surface area contributed by atoms with Crippen LogP contribution in [-0.2, 0) is 11.8 Å². The van der Waals surface area contributed by atoms with Crippen molar-refractivity contribution < 1.29 is 14.0 Å². The van der Waals surface area contributed by atoms with Crippen LogP contribution >= 0.6 is 15.9 Å². The number of nitrogens with zero attached hydrogens (tertiary/aromatic N) is 1. The third-order valence-electron chi connectivity index (χ3n) is 4.02. The summed E-state index contributed by atoms with van der Waals surface area (Å²) in [6, 6.07) is 5.45. The van der Waals surface area contributed by atoms with Gasteiger partial charge in [-0.3, -0.25) is 20.4 Å². The highest BCUT2D eigenvalue weighted by atomic mass is 79.9. The summed E-state index contributed by atoms with van der Waals surface area (Å²) in [5.74, 6) is 1.93. The SMILES string of the molecule is CC1CC1c1ccc(/C=C/C(=O)NNC(=O)c2cc(Br)cn2C)o1. The Hall–Kier alpha value is -2.28. The molecule has 126 valence electrons. The highest BCUT2D eigenvalue weighted by Crippen LogP contribution is 2.47. The van der Waals surface area contributed by atoms with Crippen molar-refractivity contribution in [3.8, 4) is 0 Å². The topological polar surface area (TPSA) is 76.3 Å². The number of hydrazine groups is 1. The van der Waals surface area contributed by atoms with Gasteiger partial charge >= 0.3 is 0 Å². The Bertz CT molecular complexity index is 806. The summed E-state index contributed by atoms with van der Waals surface area (Å²) in [5.41, 5.74) is 5.14. The lowest BCUT2D eigenvalue weighted by Crippen LogP contribution is -2.41. The van der Waals surface area contributed by atoms with Gasteiger partial charge in [-0.2, -0.15) is 0 Å². The van der Waals surface area contributed by atoms with Gasteiger partial charge in [-0.25, -0.2) is 0 Å². The molecule has 2 heterocycles. The number of carbonyl (C=O) groups is 2. The largest absolute Gasteiger partial charge is 0.461 e. The molecule has 6 nitrogen and oxygen atoms in total. The molecule has 2 aromatic rings. The molecule has 1 aliphatic carbocycles. The molecule has 24 heavy (non-hydrogen) atoms. The number of aromatic nitrogens is 1. The van der Waals surface area contributed by atoms with Crippen LogP contribution in [0.5, 0.6) is 0 Å². The lowest BCUT2D eigenvalue weighted by atomic mass is 10.3. The van der Waals surface area contributed by atoms with E-state index in [0.717, 1.165) is 16.7 Å². The summed E-state index contributed by atoms with van der Waals surface area (Å²) in [7, 11) is 1.75. The molecule has 0 aliphatic heterocycles. The molecular weight excluding hydrogens is 374 g/mol. The number of aryl methyl sites for hydroxylation is 1. The van der Waals surface area contributed by atoms with E-state index in [1.807, 2.05) is 12.1 Å². The second kappa shape index (κ2) is 6.68. The Balaban J connectivity index is 1.51. The highest BCUT2D eigenvalue weighted by molar-refractivity contribution is 9.10. The first-order chi connectivity index (χ1) is 11.4. The minimum atomic E-state index is -0.436. The number of carbonyl (C=O) groups excluding carboxylic acids is 2. The molecule has 1 aliphatic rings. The van der Waals surface area contributed by atoms with E-state index < -0.39 is 11.8 Å². The van der Waals surface area contributed by atoms with Crippen LogP contribution in [0.2, 0.25) is 0 Å². The normalized spacial score (nSPS) is 19.5. The van der Waals surface area contributed by atoms with E-state index in [0.29, 0.717) is 23.3 Å². The molecule has 3 rings (SSSR count). The van der Waals surface area contributed by atoms with Gasteiger partial charge in [-0.15, -0.1) is 0 Å². The van der Waals surface area contributed by atoms with Crippen molar-refractivity contribution in [2.24, 2.45) is 13.0 Å². The number of furan rings is 1. The Morgan fingerprint density at radius 2 is 2.12 bits per heavy atom. The summed E-state index contributed by atoms with van der Waals surface area (Å²) < 4.78 is 8.13. The van der Waals surface area contributed by atoms with Crippen LogP contribution in [-0.4, -0.2) is 16.4 Å². The van der Waals surface area contributed by atoms with E-state index in [-0.39, 0.29) is 0 Å². The summed E-state index contributed by atoms with van der Waals surface area (Å²) in [4.78, 5) is 23.7. The molecule has 7 heteroatoms. The van der Waals surface area contributed by atoms with E-state index in [1.165, 1.54) is 6.08 Å². The Morgan fingerprint density at radius 1 is 1.38 bits per heavy atom. The second-order valence-electron chi connectivity index (χ2n) is 5.99. The standard InChI is InChI=1S/C17H18BrN3O3/c1-10-7-13(10)15-5-3-12(24-15)4-6-16(22)19-20-17(23)14-8-11(18)9-21(14)2/h3-6,8-10,13H,7H2,1-2H3,(H,19,22)(H,20,23)/b6-4+. The molecule has 0 aromatic carbocycles. The number of hydrogen-bond acceptors (Lipinski definition) is 3. The number of amides is 2. The molecule has 2 amide bonds. The Morgan fingerprint density at radius 3 is 2.75 bits per heavy atom. The number of rotatable bonds is 4. The van der Waals surface area contributed by atoms with E-state index in [2.05, 4.69) is 33.7 Å². The third-order valence-corrected chi connectivity index (χ3v) is 4.46. The van der Waals surface area contributed by atoms with Crippen molar-refractivity contribution >= 4 is 33.8 Å². The molecule has 0 saturated heterocycles. The van der Waals surface area contributed by atoms with Crippen LogP contribution in [0.3, 0.4) is 0 Å². The minimum Gasteiger partial charge on any atom is -0.461 e. The first-order valence-electron chi connectivity index (χ1n) is 7.64. The van der Waals surface area contributed by atoms with E-state index in [1.54, 1.807) is 30.0 Å². The van der Waals surface area contributed by atoms with Crippen molar-refractivity contribution in [2.75, 3.05) is 0 Å². The number of halogens is 1. The van der Waals surface area contributed by atoms with E-state index >= 15 is 0 Å². The lowest BCUT2D eigenvalue weighted by Gasteiger charge is -2.05. The zero-order valence-corrected chi connectivity index (χ0v) is 15.0. The molecule has 2 aromatic heterocycles. The van der Waals surface area contributed by atoms with Crippen molar-refractivity contribution in [3.63, 3.8) is 0 Å². The van der Waals surface area contributed by atoms with Crippen molar-refractivity contribution in [3.05, 3.63) is 52.2 Å². The zero-order chi connectivity index (χ0) is 17.3. The van der Waals surface area contributed by atoms with Gasteiger partial charge < -0.3 is 8.98 Å². The van der Waals surface area contributed by atoms with Crippen LogP contribution < -0.4 is 10.9 Å². The summed E-state index contributed by atoms with van der Waals surface area (Å²) in [6.07, 6.45) is 5.81. The van der Waals surface area contributed by atoms with Crippen LogP contribution in [0.4, 0.5) is 0 Å². The first-order valence-corrected chi connectivity index (χ1v) is 8.43. The van der Waals surface area contributed by atoms with Gasteiger partial charge in [-0.1, -0.05) is 6.92 Å². The monoisotopic (exact) mass is 391 g/mol. The van der Waals surface area contributed by atoms with Gasteiger partial charge in [0.1, 0.15) is 17.2 Å². The summed E-state index contributed by atoms with van der Waals surface area (Å²) >= 11 is 3.29. The molecule has 0 radical (unpaired) electrons. The quantitative estimate of drug-likeness (QED) is 0.621. The first kappa shape index (κ1) is 16.6. The van der Waals surface area contributed by atoms with Gasteiger partial charge in [0.15, 0.2) is 0 Å². The van der Waals surface area contributed by atoms with Crippen molar-refractivity contribution in [1.29, 1.82) is 0 Å². The molecule has 0 bridgehead atoms. The third kappa shape index (κ3) is 3.79. The predicted octanol–water partition coefficient (Wildman–Crippen LogP) is 2.98. The van der Waals surface area contributed by atoms with Gasteiger partial charge in [0, 0.05) is 29.7 Å². The van der Waals surface area contributed by atoms with E-state index in [9.17, 15) is 9.59 Å². The Kier molecular flexibility index (Phi) is 4.62. The fourth-order valence-electron chi connectivity index (χ4n) is 2.51. The number of nitrogens with one attached hydrogen (secondary N) is 2. The molecule has 0 spiro atoms. The maximum Gasteiger partial charge on any atom is 0.286 e. The maximum atomic E-state index is 12.0. The van der Waals surface area contributed by atoms with Crippen LogP contribution in [0, 0.1) is 5.92 Å². The smallest absolute Gasteiger partial charge is 0.286 e. The molecule has 2 unspecified atom stereocenters. The molecule has 2 N–H and O–H groups in total. The Labute approximate surface area is 148 Å². The number of hydrogen-bond donors (Lipinski definition) is 2. The molecule has 1 saturated carbocycles. The average molecular weight is 392 g/mol. The van der Waals surface area contributed by atoms with Gasteiger partial charge in [0.2, 0.25) is 0 Å². The van der Waals surface area contributed by atoms with Crippen LogP contribution in [0.25, 0.3) is 6.08 Å². The highest BCUT2D eigenvalue weighted by Gasteiger charge is 2.36. The average Bonchev–Trinajstić information content (AvgIpc) is 2.95. The van der Waals surface area contributed by atoms with Gasteiger partial charge in [-0.05, 0) is 52.5 Å². The fourth-order valence-corrected chi connectivity index (χ4v) is 3.03. The maximum absolute atomic E-state index is 12.0. The van der Waals surface area contributed by atoms with Gasteiger partial charge in [0.05, 0.1) is 0 Å². The fraction of sp³-hybridized carbons (Fsp3) is 0.294. The van der Waals surface area contributed by atoms with Crippen molar-refractivity contribution in [1.82, 2.24) is 15.4 Å². The molecule has 1 fully saturated rings. The second-order valence-corrected chi connectivity index (χ2v) is 6.91. The van der Waals surface area contributed by atoms with E-state index in [4.69, 9.17) is 4.42 Å². The summed E-state index contributed by atoms with van der Waals surface area (Å²) in [6.45, 7) is 2.18. The minimum absolute atomic E-state index is 0.395.